The van der Waals surface area contributed by atoms with E-state index in [1.165, 1.54) is 10.9 Å². The van der Waals surface area contributed by atoms with Gasteiger partial charge in [-0.15, -0.1) is 0 Å². The lowest BCUT2D eigenvalue weighted by molar-refractivity contribution is 0.0680. The van der Waals surface area contributed by atoms with Crippen molar-refractivity contribution in [3.63, 3.8) is 0 Å². The third kappa shape index (κ3) is 5.29. The van der Waals surface area contributed by atoms with Gasteiger partial charge < -0.3 is 24.7 Å². The number of benzene rings is 2. The summed E-state index contributed by atoms with van der Waals surface area (Å²) in [7, 11) is 0. The van der Waals surface area contributed by atoms with Crippen LogP contribution in [-0.2, 0) is 11.3 Å². The van der Waals surface area contributed by atoms with Crippen LogP contribution in [0.1, 0.15) is 19.3 Å². The summed E-state index contributed by atoms with van der Waals surface area (Å²) in [6.45, 7) is 2.83. The number of aryl methyl sites for hydroxylation is 1. The molecule has 0 aliphatic carbocycles. The molecule has 4 rings (SSSR count). The Labute approximate surface area is 170 Å². The lowest BCUT2D eigenvalue weighted by atomic mass is 10.2. The van der Waals surface area contributed by atoms with Crippen LogP contribution in [0, 0.1) is 0 Å². The van der Waals surface area contributed by atoms with Gasteiger partial charge >= 0.3 is 6.03 Å². The second-order valence-electron chi connectivity index (χ2n) is 7.28. The standard InChI is InChI=1S/C23H27N3O3/c27-23(24-12-5-13-26-14-11-18-6-1-2-10-22(18)26)25-19-7-3-8-20(16-19)29-17-21-9-4-15-28-21/h1-3,6-8,10-11,14,16,21H,4-5,9,12-13,15,17H2,(H2,24,25,27). The number of amides is 2. The molecule has 152 valence electrons. The number of aromatic nitrogens is 1. The molecular formula is C23H27N3O3. The van der Waals surface area contributed by atoms with E-state index in [0.29, 0.717) is 18.8 Å². The highest BCUT2D eigenvalue weighted by molar-refractivity contribution is 5.89. The van der Waals surface area contributed by atoms with Crippen molar-refractivity contribution in [1.29, 1.82) is 0 Å². The van der Waals surface area contributed by atoms with Crippen molar-refractivity contribution in [3.05, 3.63) is 60.8 Å². The summed E-state index contributed by atoms with van der Waals surface area (Å²) in [6.07, 6.45) is 5.26. The summed E-state index contributed by atoms with van der Waals surface area (Å²) in [5, 5.41) is 7.02. The molecule has 1 saturated heterocycles. The molecular weight excluding hydrogens is 366 g/mol. The zero-order valence-electron chi connectivity index (χ0n) is 16.5. The molecule has 1 aliphatic rings. The van der Waals surface area contributed by atoms with Crippen molar-refractivity contribution in [1.82, 2.24) is 9.88 Å². The Morgan fingerprint density at radius 1 is 1.17 bits per heavy atom. The van der Waals surface area contributed by atoms with Gasteiger partial charge in [-0.3, -0.25) is 0 Å². The second kappa shape index (κ2) is 9.47. The average Bonchev–Trinajstić information content (AvgIpc) is 3.40. The molecule has 3 aromatic rings. The fourth-order valence-electron chi connectivity index (χ4n) is 3.59. The van der Waals surface area contributed by atoms with Gasteiger partial charge in [-0.1, -0.05) is 24.3 Å². The molecule has 1 aromatic heterocycles. The molecule has 2 N–H and O–H groups in total. The van der Waals surface area contributed by atoms with Gasteiger partial charge in [0.1, 0.15) is 12.4 Å². The van der Waals surface area contributed by atoms with Crippen molar-refractivity contribution in [2.75, 3.05) is 25.1 Å². The van der Waals surface area contributed by atoms with Crippen LogP contribution in [-0.4, -0.2) is 36.5 Å². The number of nitrogens with zero attached hydrogens (tertiary/aromatic N) is 1. The summed E-state index contributed by atoms with van der Waals surface area (Å²) in [6, 6.07) is 17.7. The number of nitrogens with one attached hydrogen (secondary N) is 2. The first-order chi connectivity index (χ1) is 14.3. The lowest BCUT2D eigenvalue weighted by Crippen LogP contribution is -2.30. The van der Waals surface area contributed by atoms with Gasteiger partial charge in [0, 0.05) is 43.2 Å². The maximum atomic E-state index is 12.2. The number of carbonyl (C=O) groups excluding carboxylic acids is 1. The topological polar surface area (TPSA) is 64.5 Å². The van der Waals surface area contributed by atoms with E-state index in [1.54, 1.807) is 0 Å². The van der Waals surface area contributed by atoms with E-state index in [4.69, 9.17) is 9.47 Å². The number of ether oxygens (including phenoxy) is 2. The van der Waals surface area contributed by atoms with E-state index in [9.17, 15) is 4.79 Å². The molecule has 1 fully saturated rings. The van der Waals surface area contributed by atoms with Gasteiger partial charge in [0.25, 0.3) is 0 Å². The van der Waals surface area contributed by atoms with Gasteiger partial charge in [-0.25, -0.2) is 4.79 Å². The summed E-state index contributed by atoms with van der Waals surface area (Å²) in [5.41, 5.74) is 1.93. The molecule has 0 radical (unpaired) electrons. The van der Waals surface area contributed by atoms with Crippen LogP contribution in [0.15, 0.2) is 60.8 Å². The van der Waals surface area contributed by atoms with E-state index in [-0.39, 0.29) is 12.1 Å². The Balaban J connectivity index is 1.20. The first kappa shape index (κ1) is 19.3. The van der Waals surface area contributed by atoms with Crippen LogP contribution < -0.4 is 15.4 Å². The number of urea groups is 1. The lowest BCUT2D eigenvalue weighted by Gasteiger charge is -2.13. The average molecular weight is 393 g/mol. The Bertz CT molecular complexity index is 947. The van der Waals surface area contributed by atoms with E-state index in [1.807, 2.05) is 36.4 Å². The van der Waals surface area contributed by atoms with Crippen molar-refractivity contribution >= 4 is 22.6 Å². The van der Waals surface area contributed by atoms with Crippen LogP contribution in [0.2, 0.25) is 0 Å². The predicted octanol–water partition coefficient (Wildman–Crippen LogP) is 4.41. The molecule has 1 aliphatic heterocycles. The number of hydrogen-bond acceptors (Lipinski definition) is 3. The fourth-order valence-corrected chi connectivity index (χ4v) is 3.59. The summed E-state index contributed by atoms with van der Waals surface area (Å²) in [5.74, 6) is 0.734. The number of rotatable bonds is 8. The highest BCUT2D eigenvalue weighted by Crippen LogP contribution is 2.20. The molecule has 0 bridgehead atoms. The number of anilines is 1. The first-order valence-electron chi connectivity index (χ1n) is 10.2. The Morgan fingerprint density at radius 3 is 3.00 bits per heavy atom. The number of hydrogen-bond donors (Lipinski definition) is 2. The van der Waals surface area contributed by atoms with Crippen LogP contribution in [0.3, 0.4) is 0 Å². The summed E-state index contributed by atoms with van der Waals surface area (Å²) in [4.78, 5) is 12.2. The SMILES string of the molecule is O=C(NCCCn1ccc2ccccc21)Nc1cccc(OCC2CCCO2)c1. The Kier molecular flexibility index (Phi) is 6.32. The van der Waals surface area contributed by atoms with E-state index in [0.717, 1.165) is 38.2 Å². The second-order valence-corrected chi connectivity index (χ2v) is 7.28. The summed E-state index contributed by atoms with van der Waals surface area (Å²) >= 11 is 0. The normalized spacial score (nSPS) is 16.1. The largest absolute Gasteiger partial charge is 0.491 e. The van der Waals surface area contributed by atoms with Gasteiger partial charge in [0.05, 0.1) is 6.10 Å². The van der Waals surface area contributed by atoms with E-state index >= 15 is 0 Å². The molecule has 0 saturated carbocycles. The van der Waals surface area contributed by atoms with E-state index in [2.05, 4.69) is 39.6 Å². The van der Waals surface area contributed by atoms with Gasteiger partial charge in [0.2, 0.25) is 0 Å². The Morgan fingerprint density at radius 2 is 2.10 bits per heavy atom. The van der Waals surface area contributed by atoms with E-state index < -0.39 is 0 Å². The highest BCUT2D eigenvalue weighted by Gasteiger charge is 2.16. The fraction of sp³-hybridized carbons (Fsp3) is 0.348. The van der Waals surface area contributed by atoms with Crippen LogP contribution in [0.25, 0.3) is 10.9 Å². The molecule has 29 heavy (non-hydrogen) atoms. The minimum Gasteiger partial charge on any atom is -0.491 e. The van der Waals surface area contributed by atoms with Crippen molar-refractivity contribution in [2.24, 2.45) is 0 Å². The van der Waals surface area contributed by atoms with Crippen molar-refractivity contribution in [3.8, 4) is 5.75 Å². The third-order valence-electron chi connectivity index (χ3n) is 5.09. The molecule has 2 heterocycles. The minimum absolute atomic E-state index is 0.173. The summed E-state index contributed by atoms with van der Waals surface area (Å²) < 4.78 is 13.6. The molecule has 1 unspecified atom stereocenters. The number of carbonyl (C=O) groups is 1. The maximum absolute atomic E-state index is 12.2. The van der Waals surface area contributed by atoms with Crippen LogP contribution >= 0.6 is 0 Å². The number of para-hydroxylation sites is 1. The van der Waals surface area contributed by atoms with Gasteiger partial charge in [-0.05, 0) is 48.9 Å². The highest BCUT2D eigenvalue weighted by atomic mass is 16.5. The molecule has 2 aromatic carbocycles. The molecule has 6 nitrogen and oxygen atoms in total. The monoisotopic (exact) mass is 393 g/mol. The smallest absolute Gasteiger partial charge is 0.319 e. The number of fused-ring (bicyclic) bond motifs is 1. The maximum Gasteiger partial charge on any atom is 0.319 e. The first-order valence-corrected chi connectivity index (χ1v) is 10.2. The zero-order chi connectivity index (χ0) is 19.9. The van der Waals surface area contributed by atoms with Crippen LogP contribution in [0.5, 0.6) is 5.75 Å². The molecule has 0 spiro atoms. The zero-order valence-corrected chi connectivity index (χ0v) is 16.5. The molecule has 6 heteroatoms. The van der Waals surface area contributed by atoms with Crippen molar-refractivity contribution < 1.29 is 14.3 Å². The molecule has 2 amide bonds. The third-order valence-corrected chi connectivity index (χ3v) is 5.09. The van der Waals surface area contributed by atoms with Gasteiger partial charge in [-0.2, -0.15) is 0 Å². The van der Waals surface area contributed by atoms with Crippen LogP contribution in [0.4, 0.5) is 10.5 Å². The molecule has 1 atom stereocenters. The predicted molar refractivity (Wildman–Crippen MR) is 114 cm³/mol. The van der Waals surface area contributed by atoms with Crippen molar-refractivity contribution in [2.45, 2.75) is 31.9 Å². The van der Waals surface area contributed by atoms with Gasteiger partial charge in [0.15, 0.2) is 0 Å². The Hall–Kier alpha value is -2.99. The minimum atomic E-state index is -0.210. The quantitative estimate of drug-likeness (QED) is 0.557.